The number of rotatable bonds is 1. The lowest BCUT2D eigenvalue weighted by Gasteiger charge is -2.31. The number of nitrogens with one attached hydrogen (secondary N) is 1. The molecule has 0 saturated heterocycles. The second-order valence-corrected chi connectivity index (χ2v) is 5.40. The van der Waals surface area contributed by atoms with Gasteiger partial charge in [-0.2, -0.15) is 0 Å². The van der Waals surface area contributed by atoms with Crippen LogP contribution in [0.2, 0.25) is 0 Å². The molecule has 1 N–H and O–H groups in total. The molecule has 2 aliphatic rings. The number of aryl methyl sites for hydroxylation is 1. The Kier molecular flexibility index (Phi) is 2.57. The molecule has 4 nitrogen and oxygen atoms in total. The molecule has 2 heterocycles. The van der Waals surface area contributed by atoms with Gasteiger partial charge in [0.15, 0.2) is 0 Å². The summed E-state index contributed by atoms with van der Waals surface area (Å²) in [6, 6.07) is 13.9. The summed E-state index contributed by atoms with van der Waals surface area (Å²) in [5.74, 6) is -0.989. The lowest BCUT2D eigenvalue weighted by atomic mass is 10.0. The molecule has 4 rings (SSSR count). The van der Waals surface area contributed by atoms with Crippen molar-refractivity contribution in [3.05, 3.63) is 53.6 Å². The Morgan fingerprint density at radius 3 is 2.81 bits per heavy atom. The van der Waals surface area contributed by atoms with Crippen molar-refractivity contribution < 1.29 is 9.59 Å². The summed E-state index contributed by atoms with van der Waals surface area (Å²) in [7, 11) is 0. The molecule has 0 aromatic heterocycles. The number of nitrogens with zero attached hydrogens (tertiary/aromatic N) is 1. The van der Waals surface area contributed by atoms with Crippen molar-refractivity contribution in [2.75, 3.05) is 16.8 Å². The Labute approximate surface area is 122 Å². The number of carbonyl (C=O) groups is 2. The number of fused-ring (bicyclic) bond motifs is 2. The normalized spacial score (nSPS) is 16.5. The van der Waals surface area contributed by atoms with Gasteiger partial charge in [0.1, 0.15) is 0 Å². The maximum atomic E-state index is 11.7. The van der Waals surface area contributed by atoms with Crippen LogP contribution in [0.15, 0.2) is 42.5 Å². The molecule has 0 fully saturated rings. The predicted molar refractivity (Wildman–Crippen MR) is 81.2 cm³/mol. The largest absolute Gasteiger partial charge is 0.341 e. The number of carbonyl (C=O) groups excluding carboxylic acids is 2. The molecule has 0 unspecified atom stereocenters. The number of amides is 1. The molecule has 2 aromatic carbocycles. The van der Waals surface area contributed by atoms with E-state index in [1.165, 1.54) is 11.3 Å². The summed E-state index contributed by atoms with van der Waals surface area (Å²) >= 11 is 0. The molecule has 0 bridgehead atoms. The number of hydrogen-bond donors (Lipinski definition) is 1. The first kappa shape index (κ1) is 12.1. The fourth-order valence-corrected chi connectivity index (χ4v) is 3.10. The molecular formula is C17H14N2O2. The molecule has 2 aliphatic heterocycles. The van der Waals surface area contributed by atoms with Crippen LogP contribution in [0.4, 0.5) is 17.1 Å². The molecule has 21 heavy (non-hydrogen) atoms. The van der Waals surface area contributed by atoms with Crippen LogP contribution in [0.1, 0.15) is 22.3 Å². The smallest absolute Gasteiger partial charge is 0.296 e. The van der Waals surface area contributed by atoms with Crippen LogP contribution in [0.3, 0.4) is 0 Å². The van der Waals surface area contributed by atoms with Gasteiger partial charge >= 0.3 is 0 Å². The molecule has 0 spiro atoms. The van der Waals surface area contributed by atoms with Crippen molar-refractivity contribution in [1.82, 2.24) is 0 Å². The first-order valence-electron chi connectivity index (χ1n) is 7.09. The second kappa shape index (κ2) is 4.45. The topological polar surface area (TPSA) is 49.4 Å². The third kappa shape index (κ3) is 1.83. The van der Waals surface area contributed by atoms with Gasteiger partial charge in [-0.25, -0.2) is 0 Å². The molecule has 0 atom stereocenters. The Bertz CT molecular complexity index is 767. The summed E-state index contributed by atoms with van der Waals surface area (Å²) in [4.78, 5) is 25.3. The number of anilines is 3. The zero-order valence-corrected chi connectivity index (χ0v) is 11.4. The van der Waals surface area contributed by atoms with E-state index in [-0.39, 0.29) is 0 Å². The Morgan fingerprint density at radius 1 is 1.05 bits per heavy atom. The lowest BCUT2D eigenvalue weighted by molar-refractivity contribution is -0.112. The van der Waals surface area contributed by atoms with Crippen LogP contribution in [0, 0.1) is 0 Å². The van der Waals surface area contributed by atoms with Crippen molar-refractivity contribution >= 4 is 28.8 Å². The first-order valence-corrected chi connectivity index (χ1v) is 7.09. The van der Waals surface area contributed by atoms with E-state index < -0.39 is 11.7 Å². The summed E-state index contributed by atoms with van der Waals surface area (Å²) in [6.45, 7) is 0.942. The minimum Gasteiger partial charge on any atom is -0.341 e. The standard InChI is InChI=1S/C17H14N2O2/c20-16-13-8-7-12(10-14(13)18-17(16)21)19-9-3-5-11-4-1-2-6-15(11)19/h1-2,4,6-8,10H,3,5,9H2,(H,18,20,21). The zero-order valence-electron chi connectivity index (χ0n) is 11.4. The highest BCUT2D eigenvalue weighted by Crippen LogP contribution is 2.36. The fraction of sp³-hybridized carbons (Fsp3) is 0.176. The van der Waals surface area contributed by atoms with Crippen molar-refractivity contribution in [2.24, 2.45) is 0 Å². The van der Waals surface area contributed by atoms with Crippen LogP contribution in [0.25, 0.3) is 0 Å². The van der Waals surface area contributed by atoms with Crippen LogP contribution in [-0.4, -0.2) is 18.2 Å². The van der Waals surface area contributed by atoms with Gasteiger partial charge < -0.3 is 10.2 Å². The molecule has 0 saturated carbocycles. The van der Waals surface area contributed by atoms with Crippen LogP contribution < -0.4 is 10.2 Å². The van der Waals surface area contributed by atoms with Crippen LogP contribution in [0.5, 0.6) is 0 Å². The van der Waals surface area contributed by atoms with Gasteiger partial charge in [0.25, 0.3) is 11.7 Å². The minimum absolute atomic E-state index is 0.449. The Hall–Kier alpha value is -2.62. The Balaban J connectivity index is 1.78. The summed E-state index contributed by atoms with van der Waals surface area (Å²) in [5, 5.41) is 2.64. The number of hydrogen-bond acceptors (Lipinski definition) is 3. The number of ketones is 1. The van der Waals surface area contributed by atoms with Gasteiger partial charge in [-0.15, -0.1) is 0 Å². The van der Waals surface area contributed by atoms with E-state index in [1.807, 2.05) is 18.2 Å². The van der Waals surface area contributed by atoms with E-state index in [4.69, 9.17) is 0 Å². The molecule has 0 radical (unpaired) electrons. The van der Waals surface area contributed by atoms with E-state index in [9.17, 15) is 9.59 Å². The summed E-state index contributed by atoms with van der Waals surface area (Å²) in [5.41, 5.74) is 4.64. The maximum absolute atomic E-state index is 11.7. The molecule has 4 heteroatoms. The Morgan fingerprint density at radius 2 is 1.90 bits per heavy atom. The summed E-state index contributed by atoms with van der Waals surface area (Å²) < 4.78 is 0. The van der Waals surface area contributed by atoms with Crippen molar-refractivity contribution in [1.29, 1.82) is 0 Å². The van der Waals surface area contributed by atoms with E-state index >= 15 is 0 Å². The first-order chi connectivity index (χ1) is 10.2. The van der Waals surface area contributed by atoms with Gasteiger partial charge in [0, 0.05) is 17.9 Å². The van der Waals surface area contributed by atoms with Gasteiger partial charge in [-0.3, -0.25) is 9.59 Å². The third-order valence-corrected chi connectivity index (χ3v) is 4.12. The van der Waals surface area contributed by atoms with Crippen molar-refractivity contribution in [3.8, 4) is 0 Å². The third-order valence-electron chi connectivity index (χ3n) is 4.12. The molecule has 2 aromatic rings. The molecular weight excluding hydrogens is 264 g/mol. The van der Waals surface area contributed by atoms with Crippen LogP contribution in [-0.2, 0) is 11.2 Å². The average Bonchev–Trinajstić information content (AvgIpc) is 2.81. The summed E-state index contributed by atoms with van der Waals surface area (Å²) in [6.07, 6.45) is 2.19. The van der Waals surface area contributed by atoms with Gasteiger partial charge in [-0.05, 0) is 42.7 Å². The lowest BCUT2D eigenvalue weighted by Crippen LogP contribution is -2.24. The average molecular weight is 278 g/mol. The SMILES string of the molecule is O=C1Nc2cc(N3CCCc4ccccc43)ccc2C1=O. The molecule has 104 valence electrons. The fourth-order valence-electron chi connectivity index (χ4n) is 3.10. The highest BCUT2D eigenvalue weighted by Gasteiger charge is 2.29. The van der Waals surface area contributed by atoms with E-state index in [1.54, 1.807) is 6.07 Å². The maximum Gasteiger partial charge on any atom is 0.296 e. The monoisotopic (exact) mass is 278 g/mol. The van der Waals surface area contributed by atoms with Crippen molar-refractivity contribution in [2.45, 2.75) is 12.8 Å². The molecule has 0 aliphatic carbocycles. The highest BCUT2D eigenvalue weighted by molar-refractivity contribution is 6.51. The van der Waals surface area contributed by atoms with Crippen LogP contribution >= 0.6 is 0 Å². The number of Topliss-reactive ketones (excluding diaryl/α,β-unsaturated/α-hetero) is 1. The number of benzene rings is 2. The molecule has 1 amide bonds. The van der Waals surface area contributed by atoms with Gasteiger partial charge in [-0.1, -0.05) is 18.2 Å². The van der Waals surface area contributed by atoms with Gasteiger partial charge in [0.2, 0.25) is 0 Å². The highest BCUT2D eigenvalue weighted by atomic mass is 16.2. The second-order valence-electron chi connectivity index (χ2n) is 5.40. The number of para-hydroxylation sites is 1. The van der Waals surface area contributed by atoms with E-state index in [0.717, 1.165) is 25.1 Å². The van der Waals surface area contributed by atoms with Gasteiger partial charge in [0.05, 0.1) is 11.3 Å². The van der Waals surface area contributed by atoms with E-state index in [0.29, 0.717) is 11.3 Å². The zero-order chi connectivity index (χ0) is 14.4. The quantitative estimate of drug-likeness (QED) is 0.816. The van der Waals surface area contributed by atoms with E-state index in [2.05, 4.69) is 28.4 Å². The van der Waals surface area contributed by atoms with Crippen molar-refractivity contribution in [3.63, 3.8) is 0 Å². The predicted octanol–water partition coefficient (Wildman–Crippen LogP) is 2.91. The minimum atomic E-state index is -0.541.